The van der Waals surface area contributed by atoms with Gasteiger partial charge >= 0.3 is 0 Å². The van der Waals surface area contributed by atoms with Crippen molar-refractivity contribution in [1.29, 1.82) is 0 Å². The molecule has 0 atom stereocenters. The van der Waals surface area contributed by atoms with Crippen LogP contribution in [-0.4, -0.2) is 5.75 Å². The normalized spacial score (nSPS) is 10.6. The van der Waals surface area contributed by atoms with Crippen molar-refractivity contribution >= 4 is 11.8 Å². The molecule has 0 aromatic rings. The zero-order valence-electron chi connectivity index (χ0n) is 4.68. The van der Waals surface area contributed by atoms with Crippen LogP contribution in [0.2, 0.25) is 0 Å². The van der Waals surface area contributed by atoms with E-state index in [0.29, 0.717) is 0 Å². The average molecular weight is 115 g/mol. The second-order valence-electron chi connectivity index (χ2n) is 1.27. The third-order valence-corrected chi connectivity index (χ3v) is 1.19. The first-order valence-corrected chi connectivity index (χ1v) is 3.55. The monoisotopic (exact) mass is 115 g/mol. The fourth-order valence-electron chi connectivity index (χ4n) is 0.318. The van der Waals surface area contributed by atoms with Gasteiger partial charge in [0, 0.05) is 6.26 Å². The minimum Gasteiger partial charge on any atom is -0.161 e. The molecule has 0 rings (SSSR count). The van der Waals surface area contributed by atoms with Crippen LogP contribution in [0.1, 0.15) is 13.3 Å². The third-order valence-electron chi connectivity index (χ3n) is 0.665. The zero-order valence-corrected chi connectivity index (χ0v) is 5.50. The zero-order chi connectivity index (χ0) is 5.54. The van der Waals surface area contributed by atoms with Gasteiger partial charge in [-0.05, 0) is 19.1 Å². The third kappa shape index (κ3) is 6.09. The van der Waals surface area contributed by atoms with Crippen LogP contribution in [0.3, 0.4) is 0 Å². The number of hydrogen-bond donors (Lipinski definition) is 0. The van der Waals surface area contributed by atoms with E-state index in [-0.39, 0.29) is 0 Å². The van der Waals surface area contributed by atoms with E-state index in [4.69, 9.17) is 0 Å². The fraction of sp³-hybridized carbons (Fsp3) is 0.500. The molecule has 7 heavy (non-hydrogen) atoms. The van der Waals surface area contributed by atoms with E-state index >= 15 is 0 Å². The first kappa shape index (κ1) is 7.09. The van der Waals surface area contributed by atoms with E-state index < -0.39 is 0 Å². The molecule has 0 nitrogen and oxygen atoms in total. The summed E-state index contributed by atoms with van der Waals surface area (Å²) in [6.07, 6.45) is 9.01. The fourth-order valence-corrected chi connectivity index (χ4v) is 0.621. The van der Waals surface area contributed by atoms with Gasteiger partial charge < -0.3 is 0 Å². The summed E-state index contributed by atoms with van der Waals surface area (Å²) < 4.78 is 0. The quantitative estimate of drug-likeness (QED) is 0.402. The molecular weight excluding hydrogens is 104 g/mol. The Kier molecular flexibility index (Phi) is 6.17. The van der Waals surface area contributed by atoms with Crippen LogP contribution in [-0.2, 0) is 0 Å². The SMILES string of the molecule is [CH2]SCCC=CC. The summed E-state index contributed by atoms with van der Waals surface area (Å²) in [6, 6.07) is 0. The lowest BCUT2D eigenvalue weighted by molar-refractivity contribution is 1.24. The standard InChI is InChI=1S/C6H11S/c1-3-4-5-6-7-2/h3-4H,2,5-6H2,1H3. The number of hydrogen-bond acceptors (Lipinski definition) is 1. The molecule has 41 valence electrons. The second kappa shape index (κ2) is 6.09. The molecular formula is C6H11S. The van der Waals surface area contributed by atoms with Gasteiger partial charge in [0.15, 0.2) is 0 Å². The van der Waals surface area contributed by atoms with E-state index in [1.165, 1.54) is 0 Å². The number of rotatable bonds is 3. The summed E-state index contributed by atoms with van der Waals surface area (Å²) in [7, 11) is 0. The van der Waals surface area contributed by atoms with Crippen LogP contribution >= 0.6 is 11.8 Å². The topological polar surface area (TPSA) is 0 Å². The lowest BCUT2D eigenvalue weighted by Crippen LogP contribution is -1.67. The van der Waals surface area contributed by atoms with Crippen molar-refractivity contribution in [3.8, 4) is 0 Å². The molecule has 0 heterocycles. The molecule has 1 heteroatoms. The molecule has 0 saturated carbocycles. The Labute approximate surface area is 50.0 Å². The van der Waals surface area contributed by atoms with Crippen molar-refractivity contribution in [2.24, 2.45) is 0 Å². The van der Waals surface area contributed by atoms with Crippen LogP contribution in [0.15, 0.2) is 12.2 Å². The summed E-state index contributed by atoms with van der Waals surface area (Å²) in [6.45, 7) is 2.04. The molecule has 1 radical (unpaired) electrons. The molecule has 0 unspecified atom stereocenters. The smallest absolute Gasteiger partial charge is 0.00237 e. The maximum absolute atomic E-state index is 3.64. The molecule has 0 N–H and O–H groups in total. The van der Waals surface area contributed by atoms with Crippen LogP contribution in [0.4, 0.5) is 0 Å². The highest BCUT2D eigenvalue weighted by molar-refractivity contribution is 8.00. The Bertz CT molecular complexity index is 48.1. The Hall–Kier alpha value is 0.0900. The highest BCUT2D eigenvalue weighted by atomic mass is 32.2. The molecule has 0 fully saturated rings. The molecule has 0 saturated heterocycles. The van der Waals surface area contributed by atoms with E-state index in [1.54, 1.807) is 11.8 Å². The van der Waals surface area contributed by atoms with Crippen LogP contribution < -0.4 is 0 Å². The number of thioether (sulfide) groups is 1. The van der Waals surface area contributed by atoms with Gasteiger partial charge in [0.05, 0.1) is 0 Å². The van der Waals surface area contributed by atoms with Crippen LogP contribution in [0.25, 0.3) is 0 Å². The Morgan fingerprint density at radius 3 is 2.86 bits per heavy atom. The average Bonchev–Trinajstić information content (AvgIpc) is 1.69. The maximum atomic E-state index is 3.64. The van der Waals surface area contributed by atoms with Gasteiger partial charge in [0.1, 0.15) is 0 Å². The highest BCUT2D eigenvalue weighted by Crippen LogP contribution is 1.97. The molecule has 0 aliphatic carbocycles. The summed E-state index contributed by atoms with van der Waals surface area (Å²) in [5.74, 6) is 1.14. The molecule has 0 aliphatic heterocycles. The lowest BCUT2D eigenvalue weighted by Gasteiger charge is -1.83. The molecule has 0 aromatic heterocycles. The van der Waals surface area contributed by atoms with Crippen molar-refractivity contribution in [2.75, 3.05) is 5.75 Å². The summed E-state index contributed by atoms with van der Waals surface area (Å²) in [4.78, 5) is 0. The lowest BCUT2D eigenvalue weighted by atomic mass is 10.4. The Morgan fingerprint density at radius 2 is 2.43 bits per heavy atom. The van der Waals surface area contributed by atoms with Crippen molar-refractivity contribution in [1.82, 2.24) is 0 Å². The largest absolute Gasteiger partial charge is 0.161 e. The summed E-state index contributed by atoms with van der Waals surface area (Å²) >= 11 is 1.64. The maximum Gasteiger partial charge on any atom is 0.00237 e. The predicted octanol–water partition coefficient (Wildman–Crippen LogP) is 2.48. The minimum absolute atomic E-state index is 1.14. The highest BCUT2D eigenvalue weighted by Gasteiger charge is 1.73. The Balaban J connectivity index is 2.69. The van der Waals surface area contributed by atoms with Gasteiger partial charge in [0.25, 0.3) is 0 Å². The van der Waals surface area contributed by atoms with E-state index in [0.717, 1.165) is 12.2 Å². The van der Waals surface area contributed by atoms with Crippen LogP contribution in [0, 0.1) is 6.26 Å². The van der Waals surface area contributed by atoms with Crippen molar-refractivity contribution in [2.45, 2.75) is 13.3 Å². The van der Waals surface area contributed by atoms with E-state index in [1.807, 2.05) is 6.92 Å². The van der Waals surface area contributed by atoms with Gasteiger partial charge in [-0.1, -0.05) is 12.2 Å². The summed E-state index contributed by atoms with van der Waals surface area (Å²) in [5, 5.41) is 0. The molecule has 0 bridgehead atoms. The van der Waals surface area contributed by atoms with Crippen LogP contribution in [0.5, 0.6) is 0 Å². The molecule has 0 amide bonds. The molecule has 0 aromatic carbocycles. The number of allylic oxidation sites excluding steroid dienone is 2. The van der Waals surface area contributed by atoms with Gasteiger partial charge in [0.2, 0.25) is 0 Å². The van der Waals surface area contributed by atoms with Gasteiger partial charge in [-0.25, -0.2) is 0 Å². The van der Waals surface area contributed by atoms with Gasteiger partial charge in [-0.3, -0.25) is 0 Å². The second-order valence-corrected chi connectivity index (χ2v) is 2.08. The first-order valence-electron chi connectivity index (χ1n) is 2.40. The van der Waals surface area contributed by atoms with Crippen molar-refractivity contribution in [3.63, 3.8) is 0 Å². The summed E-state index contributed by atoms with van der Waals surface area (Å²) in [5.41, 5.74) is 0. The Morgan fingerprint density at radius 1 is 1.71 bits per heavy atom. The minimum atomic E-state index is 1.14. The molecule has 0 aliphatic rings. The van der Waals surface area contributed by atoms with E-state index in [2.05, 4.69) is 18.4 Å². The predicted molar refractivity (Wildman–Crippen MR) is 37.2 cm³/mol. The van der Waals surface area contributed by atoms with E-state index in [9.17, 15) is 0 Å². The molecule has 0 spiro atoms. The first-order chi connectivity index (χ1) is 3.41. The van der Waals surface area contributed by atoms with Gasteiger partial charge in [-0.15, -0.1) is 0 Å². The van der Waals surface area contributed by atoms with Crippen molar-refractivity contribution in [3.05, 3.63) is 18.4 Å². The van der Waals surface area contributed by atoms with Gasteiger partial charge in [-0.2, -0.15) is 11.8 Å². The van der Waals surface area contributed by atoms with Crippen molar-refractivity contribution < 1.29 is 0 Å².